The summed E-state index contributed by atoms with van der Waals surface area (Å²) in [5, 5.41) is 0. The second kappa shape index (κ2) is 14.8. The van der Waals surface area contributed by atoms with Gasteiger partial charge in [-0.3, -0.25) is 0 Å². The molecule has 0 radical (unpaired) electrons. The molecule has 0 atom stereocenters. The predicted molar refractivity (Wildman–Crippen MR) is 264 cm³/mol. The fraction of sp³-hybridized carbons (Fsp3) is 0.276. The minimum Gasteiger partial charge on any atom is -0.458 e. The van der Waals surface area contributed by atoms with E-state index in [-0.39, 0.29) is 28.4 Å². The van der Waals surface area contributed by atoms with Gasteiger partial charge in [-0.05, 0) is 113 Å². The first-order valence-corrected chi connectivity index (χ1v) is 22.3. The van der Waals surface area contributed by atoms with Gasteiger partial charge in [0.25, 0.3) is 6.71 Å². The summed E-state index contributed by atoms with van der Waals surface area (Å²) in [5.74, 6) is 3.36. The van der Waals surface area contributed by atoms with E-state index < -0.39 is 0 Å². The summed E-state index contributed by atoms with van der Waals surface area (Å²) in [5.41, 5.74) is 16.5. The Balaban J connectivity index is 1.21. The van der Waals surface area contributed by atoms with Gasteiger partial charge in [-0.1, -0.05) is 180 Å². The topological polar surface area (TPSA) is 21.7 Å². The van der Waals surface area contributed by atoms with E-state index in [9.17, 15) is 0 Å². The zero-order valence-corrected chi connectivity index (χ0v) is 38.7. The maximum atomic E-state index is 7.09. The van der Waals surface area contributed by atoms with Gasteiger partial charge in [0, 0.05) is 29.0 Å². The quantitative estimate of drug-likeness (QED) is 0.162. The maximum absolute atomic E-state index is 7.09. The Morgan fingerprint density at radius 2 is 0.629 bits per heavy atom. The van der Waals surface area contributed by atoms with Gasteiger partial charge in [0.05, 0.1) is 5.69 Å². The van der Waals surface area contributed by atoms with E-state index in [0.717, 1.165) is 67.6 Å². The third-order valence-electron chi connectivity index (χ3n) is 12.9. The molecule has 3 nitrogen and oxygen atoms in total. The van der Waals surface area contributed by atoms with E-state index in [4.69, 9.17) is 9.47 Å². The highest BCUT2D eigenvalue weighted by Crippen LogP contribution is 2.44. The molecular weight excluding hydrogens is 753 g/mol. The monoisotopic (exact) mass is 813 g/mol. The second-order valence-electron chi connectivity index (χ2n) is 21.6. The van der Waals surface area contributed by atoms with Crippen LogP contribution in [0.1, 0.15) is 105 Å². The summed E-state index contributed by atoms with van der Waals surface area (Å²) in [7, 11) is 0. The normalized spacial score (nSPS) is 13.4. The lowest BCUT2D eigenvalue weighted by Gasteiger charge is -2.35. The molecule has 2 aliphatic rings. The smallest absolute Gasteiger partial charge is 0.260 e. The lowest BCUT2D eigenvalue weighted by molar-refractivity contribution is 0.465. The van der Waals surface area contributed by atoms with E-state index in [0.29, 0.717) is 0 Å². The number of benzene rings is 7. The fourth-order valence-electron chi connectivity index (χ4n) is 8.96. The van der Waals surface area contributed by atoms with Crippen LogP contribution in [0.3, 0.4) is 0 Å². The van der Waals surface area contributed by atoms with Crippen molar-refractivity contribution in [2.45, 2.75) is 105 Å². The van der Waals surface area contributed by atoms with Crippen molar-refractivity contribution in [3.05, 3.63) is 168 Å². The average Bonchev–Trinajstić information content (AvgIpc) is 3.22. The molecule has 0 saturated heterocycles. The van der Waals surface area contributed by atoms with Crippen LogP contribution in [0.2, 0.25) is 0 Å². The Morgan fingerprint density at radius 1 is 0.323 bits per heavy atom. The lowest BCUT2D eigenvalue weighted by atomic mass is 9.34. The number of anilines is 3. The standard InChI is InChI=1S/C58H60BNO2/c1-55(2,3)41-19-13-37(14-20-41)39-17-31-48-50(33-39)61-52-35-47(60(45-27-23-43(24-28-45)57(7,8)9)46-29-25-44(26-30-46)58(10,11)12)36-53-54(52)59(48)49-32-18-40(34-51(49)62-53)38-15-21-42(22-16-38)56(4,5)6/h13-36H,1-12H3. The molecule has 0 N–H and O–H groups in total. The number of fused-ring (bicyclic) bond motifs is 4. The molecule has 7 aromatic rings. The van der Waals surface area contributed by atoms with E-state index in [1.165, 1.54) is 33.4 Å². The van der Waals surface area contributed by atoms with Gasteiger partial charge in [0.15, 0.2) is 0 Å². The van der Waals surface area contributed by atoms with Crippen molar-refractivity contribution >= 4 is 40.2 Å². The zero-order chi connectivity index (χ0) is 43.9. The van der Waals surface area contributed by atoms with Crippen LogP contribution in [0.5, 0.6) is 23.0 Å². The Kier molecular flexibility index (Phi) is 9.89. The number of ether oxygens (including phenoxy) is 2. The summed E-state index contributed by atoms with van der Waals surface area (Å²) in [6, 6.07) is 53.9. The fourth-order valence-corrected chi connectivity index (χ4v) is 8.96. The van der Waals surface area contributed by atoms with Crippen LogP contribution in [0.15, 0.2) is 146 Å². The van der Waals surface area contributed by atoms with Gasteiger partial charge >= 0.3 is 0 Å². The summed E-state index contributed by atoms with van der Waals surface area (Å²) < 4.78 is 14.2. The van der Waals surface area contributed by atoms with Crippen molar-refractivity contribution in [1.82, 2.24) is 0 Å². The van der Waals surface area contributed by atoms with Crippen LogP contribution < -0.4 is 30.8 Å². The number of nitrogens with zero attached hydrogens (tertiary/aromatic N) is 1. The van der Waals surface area contributed by atoms with Crippen molar-refractivity contribution in [1.29, 1.82) is 0 Å². The van der Waals surface area contributed by atoms with Crippen molar-refractivity contribution in [2.75, 3.05) is 4.90 Å². The van der Waals surface area contributed by atoms with Crippen molar-refractivity contribution in [3.63, 3.8) is 0 Å². The van der Waals surface area contributed by atoms with E-state index in [2.05, 4.69) is 234 Å². The first-order chi connectivity index (χ1) is 29.2. The van der Waals surface area contributed by atoms with Crippen LogP contribution in [0.25, 0.3) is 22.3 Å². The molecule has 9 rings (SSSR count). The van der Waals surface area contributed by atoms with Crippen LogP contribution in [-0.2, 0) is 21.7 Å². The number of rotatable bonds is 5. The van der Waals surface area contributed by atoms with Gasteiger partial charge < -0.3 is 14.4 Å². The number of hydrogen-bond acceptors (Lipinski definition) is 3. The molecule has 7 aromatic carbocycles. The second-order valence-corrected chi connectivity index (χ2v) is 21.6. The molecule has 4 heteroatoms. The molecule has 0 aliphatic carbocycles. The third kappa shape index (κ3) is 7.74. The molecule has 0 aromatic heterocycles. The molecule has 0 bridgehead atoms. The Bertz CT molecular complexity index is 2600. The van der Waals surface area contributed by atoms with E-state index in [1.54, 1.807) is 0 Å². The molecule has 2 heterocycles. The highest BCUT2D eigenvalue weighted by atomic mass is 16.5. The minimum absolute atomic E-state index is 0.0339. The highest BCUT2D eigenvalue weighted by Gasteiger charge is 2.41. The van der Waals surface area contributed by atoms with Gasteiger partial charge in [0.1, 0.15) is 23.0 Å². The molecule has 0 spiro atoms. The minimum atomic E-state index is -0.0678. The SMILES string of the molecule is CC(C)(C)c1ccc(-c2ccc3c(c2)Oc2cc(N(c4ccc(C(C)(C)C)cc4)c4ccc(C(C)(C)C)cc4)cc4c2B3c2ccc(-c3ccc(C(C)(C)C)cc3)cc2O4)cc1. The Labute approximate surface area is 370 Å². The first kappa shape index (κ1) is 41.4. The Morgan fingerprint density at radius 3 is 0.952 bits per heavy atom. The van der Waals surface area contributed by atoms with Crippen LogP contribution in [0, 0.1) is 0 Å². The first-order valence-electron chi connectivity index (χ1n) is 22.3. The van der Waals surface area contributed by atoms with Crippen LogP contribution >= 0.6 is 0 Å². The summed E-state index contributed by atoms with van der Waals surface area (Å²) in [6.07, 6.45) is 0. The van der Waals surface area contributed by atoms with Gasteiger partial charge in [-0.25, -0.2) is 0 Å². The lowest BCUT2D eigenvalue weighted by Crippen LogP contribution is -2.57. The summed E-state index contributed by atoms with van der Waals surface area (Å²) in [4.78, 5) is 2.34. The maximum Gasteiger partial charge on any atom is 0.260 e. The van der Waals surface area contributed by atoms with Gasteiger partial charge in [0.2, 0.25) is 0 Å². The predicted octanol–water partition coefficient (Wildman–Crippen LogP) is 14.4. The summed E-state index contributed by atoms with van der Waals surface area (Å²) >= 11 is 0. The van der Waals surface area contributed by atoms with Crippen molar-refractivity contribution < 1.29 is 9.47 Å². The third-order valence-corrected chi connectivity index (χ3v) is 12.9. The molecule has 0 amide bonds. The van der Waals surface area contributed by atoms with Gasteiger partial charge in [-0.2, -0.15) is 0 Å². The molecule has 0 saturated carbocycles. The number of hydrogen-bond donors (Lipinski definition) is 0. The molecule has 0 unspecified atom stereocenters. The average molecular weight is 814 g/mol. The molecule has 2 aliphatic heterocycles. The summed E-state index contributed by atoms with van der Waals surface area (Å²) in [6.45, 7) is 27.1. The van der Waals surface area contributed by atoms with E-state index in [1.807, 2.05) is 0 Å². The molecule has 0 fully saturated rings. The largest absolute Gasteiger partial charge is 0.458 e. The molecular formula is C58H60BNO2. The van der Waals surface area contributed by atoms with Gasteiger partial charge in [-0.15, -0.1) is 0 Å². The Hall–Kier alpha value is -6.00. The van der Waals surface area contributed by atoms with Crippen LogP contribution in [-0.4, -0.2) is 6.71 Å². The highest BCUT2D eigenvalue weighted by molar-refractivity contribution is 6.98. The van der Waals surface area contributed by atoms with E-state index >= 15 is 0 Å². The van der Waals surface area contributed by atoms with Crippen molar-refractivity contribution in [3.8, 4) is 45.3 Å². The molecule has 312 valence electrons. The van der Waals surface area contributed by atoms with Crippen LogP contribution in [0.4, 0.5) is 17.1 Å². The zero-order valence-electron chi connectivity index (χ0n) is 38.7. The van der Waals surface area contributed by atoms with Crippen molar-refractivity contribution in [2.24, 2.45) is 0 Å². The molecule has 62 heavy (non-hydrogen) atoms.